The van der Waals surface area contributed by atoms with Crippen molar-refractivity contribution in [2.45, 2.75) is 19.8 Å². The summed E-state index contributed by atoms with van der Waals surface area (Å²) in [7, 11) is 0. The summed E-state index contributed by atoms with van der Waals surface area (Å²) >= 11 is 1.84. The quantitative estimate of drug-likeness (QED) is 0.297. The van der Waals surface area contributed by atoms with Gasteiger partial charge in [0.1, 0.15) is 11.2 Å². The van der Waals surface area contributed by atoms with Crippen molar-refractivity contribution in [3.05, 3.63) is 78.5 Å². The van der Waals surface area contributed by atoms with Crippen molar-refractivity contribution in [3.63, 3.8) is 0 Å². The molecule has 3 heterocycles. The van der Waals surface area contributed by atoms with Crippen LogP contribution in [0.3, 0.4) is 0 Å². The summed E-state index contributed by atoms with van der Waals surface area (Å²) in [6.45, 7) is 4.41. The highest BCUT2D eigenvalue weighted by Gasteiger charge is 2.16. The lowest BCUT2D eigenvalue weighted by molar-refractivity contribution is 0.670. The van der Waals surface area contributed by atoms with Crippen molar-refractivity contribution in [1.29, 1.82) is 0 Å². The van der Waals surface area contributed by atoms with Gasteiger partial charge in [-0.05, 0) is 47.9 Å². The van der Waals surface area contributed by atoms with E-state index in [4.69, 9.17) is 4.42 Å². The summed E-state index contributed by atoms with van der Waals surface area (Å²) in [5.41, 5.74) is 5.15. The second-order valence-electron chi connectivity index (χ2n) is 7.86. The van der Waals surface area contributed by atoms with Crippen molar-refractivity contribution >= 4 is 53.4 Å². The fourth-order valence-corrected chi connectivity index (χ4v) is 5.30. The minimum atomic E-state index is 0.465. The average molecular weight is 394 g/mol. The lowest BCUT2D eigenvalue weighted by Crippen LogP contribution is -1.90. The van der Waals surface area contributed by atoms with Crippen LogP contribution in [0, 0.1) is 0 Å². The number of rotatable bonds is 2. The second kappa shape index (κ2) is 6.16. The van der Waals surface area contributed by atoms with E-state index in [2.05, 4.69) is 85.6 Å². The Hall–Kier alpha value is -3.17. The number of furan rings is 1. The predicted octanol–water partition coefficient (Wildman–Crippen LogP) is 8.14. The van der Waals surface area contributed by atoms with E-state index in [1.165, 1.54) is 31.1 Å². The monoisotopic (exact) mass is 393 g/mol. The molecule has 3 heteroatoms. The fraction of sp³-hybridized carbons (Fsp3) is 0.115. The molecule has 2 nitrogen and oxygen atoms in total. The van der Waals surface area contributed by atoms with Crippen molar-refractivity contribution in [3.8, 4) is 11.3 Å². The van der Waals surface area contributed by atoms with Gasteiger partial charge in [-0.25, -0.2) is 0 Å². The number of pyridine rings is 1. The standard InChI is InChI=1S/C26H19NOS/c1-15(2)16-10-11-27-22(12-16)19-8-5-7-18-20-14-25-21(13-23(20)28-26(18)19)17-6-3-4-9-24(17)29-25/h3-15H,1-2H3. The third-order valence-electron chi connectivity index (χ3n) is 5.72. The number of aromatic nitrogens is 1. The molecule has 140 valence electrons. The molecule has 0 bridgehead atoms. The number of nitrogens with zero attached hydrogens (tertiary/aromatic N) is 1. The molecule has 6 rings (SSSR count). The van der Waals surface area contributed by atoms with Gasteiger partial charge in [0.05, 0.1) is 5.69 Å². The van der Waals surface area contributed by atoms with Crippen LogP contribution in [0.25, 0.3) is 53.4 Å². The highest BCUT2D eigenvalue weighted by Crippen LogP contribution is 2.41. The van der Waals surface area contributed by atoms with E-state index in [9.17, 15) is 0 Å². The van der Waals surface area contributed by atoms with Crippen LogP contribution in [-0.4, -0.2) is 4.98 Å². The molecule has 3 aromatic heterocycles. The number of benzene rings is 3. The summed E-state index contributed by atoms with van der Waals surface area (Å²) in [4.78, 5) is 4.64. The van der Waals surface area contributed by atoms with Crippen LogP contribution < -0.4 is 0 Å². The van der Waals surface area contributed by atoms with Crippen molar-refractivity contribution in [2.75, 3.05) is 0 Å². The number of hydrogen-bond acceptors (Lipinski definition) is 3. The summed E-state index contributed by atoms with van der Waals surface area (Å²) in [6.07, 6.45) is 1.90. The van der Waals surface area contributed by atoms with Crippen molar-refractivity contribution in [1.82, 2.24) is 4.98 Å². The van der Waals surface area contributed by atoms with Gasteiger partial charge in [-0.3, -0.25) is 4.98 Å². The zero-order chi connectivity index (χ0) is 19.5. The Morgan fingerprint density at radius 3 is 2.55 bits per heavy atom. The van der Waals surface area contributed by atoms with Gasteiger partial charge in [-0.1, -0.05) is 44.2 Å². The average Bonchev–Trinajstić information content (AvgIpc) is 3.29. The Morgan fingerprint density at radius 2 is 1.66 bits per heavy atom. The molecule has 3 aromatic carbocycles. The normalized spacial score (nSPS) is 12.1. The van der Waals surface area contributed by atoms with Crippen LogP contribution in [-0.2, 0) is 0 Å². The van der Waals surface area contributed by atoms with Gasteiger partial charge in [0.15, 0.2) is 0 Å². The van der Waals surface area contributed by atoms with E-state index < -0.39 is 0 Å². The molecular weight excluding hydrogens is 374 g/mol. The van der Waals surface area contributed by atoms with Crippen LogP contribution in [0.5, 0.6) is 0 Å². The summed E-state index contributed by atoms with van der Waals surface area (Å²) in [5, 5.41) is 4.87. The zero-order valence-corrected chi connectivity index (χ0v) is 17.1. The summed E-state index contributed by atoms with van der Waals surface area (Å²) in [6, 6.07) is 23.7. The van der Waals surface area contributed by atoms with E-state index >= 15 is 0 Å². The maximum Gasteiger partial charge on any atom is 0.144 e. The smallest absolute Gasteiger partial charge is 0.144 e. The fourth-order valence-electron chi connectivity index (χ4n) is 4.17. The van der Waals surface area contributed by atoms with Crippen LogP contribution in [0.1, 0.15) is 25.3 Å². The molecule has 0 unspecified atom stereocenters. The van der Waals surface area contributed by atoms with Gasteiger partial charge in [-0.2, -0.15) is 0 Å². The lowest BCUT2D eigenvalue weighted by Gasteiger charge is -2.07. The van der Waals surface area contributed by atoms with E-state index in [1.54, 1.807) is 0 Å². The third-order valence-corrected chi connectivity index (χ3v) is 6.86. The Kier molecular flexibility index (Phi) is 3.56. The van der Waals surface area contributed by atoms with Crippen LogP contribution in [0.2, 0.25) is 0 Å². The summed E-state index contributed by atoms with van der Waals surface area (Å²) < 4.78 is 9.04. The molecule has 0 spiro atoms. The first-order chi connectivity index (χ1) is 14.2. The highest BCUT2D eigenvalue weighted by atomic mass is 32.1. The lowest BCUT2D eigenvalue weighted by atomic mass is 10.0. The molecule has 0 radical (unpaired) electrons. The molecule has 0 atom stereocenters. The first-order valence-corrected chi connectivity index (χ1v) is 10.7. The van der Waals surface area contributed by atoms with Crippen molar-refractivity contribution < 1.29 is 4.42 Å². The highest BCUT2D eigenvalue weighted by molar-refractivity contribution is 7.25. The topological polar surface area (TPSA) is 26.0 Å². The van der Waals surface area contributed by atoms with Crippen LogP contribution in [0.15, 0.2) is 77.3 Å². The second-order valence-corrected chi connectivity index (χ2v) is 8.94. The van der Waals surface area contributed by atoms with E-state index in [1.807, 2.05) is 17.5 Å². The molecule has 0 aliphatic rings. The van der Waals surface area contributed by atoms with Crippen molar-refractivity contribution in [2.24, 2.45) is 0 Å². The molecule has 0 saturated heterocycles. The summed E-state index contributed by atoms with van der Waals surface area (Å²) in [5.74, 6) is 0.465. The Balaban J connectivity index is 1.65. The van der Waals surface area contributed by atoms with Gasteiger partial charge < -0.3 is 4.42 Å². The Morgan fingerprint density at radius 1 is 0.793 bits per heavy atom. The molecule has 0 fully saturated rings. The molecule has 0 aliphatic carbocycles. The molecule has 0 N–H and O–H groups in total. The van der Waals surface area contributed by atoms with E-state index in [0.29, 0.717) is 5.92 Å². The van der Waals surface area contributed by atoms with Crippen LogP contribution >= 0.6 is 11.3 Å². The number of fused-ring (bicyclic) bond motifs is 6. The SMILES string of the molecule is CC(C)c1ccnc(-c2cccc3c2oc2cc4c(cc23)sc2ccccc24)c1. The van der Waals surface area contributed by atoms with Gasteiger partial charge in [0.2, 0.25) is 0 Å². The molecule has 0 saturated carbocycles. The largest absolute Gasteiger partial charge is 0.455 e. The third kappa shape index (κ3) is 2.51. The minimum Gasteiger partial charge on any atom is -0.455 e. The number of hydrogen-bond donors (Lipinski definition) is 0. The zero-order valence-electron chi connectivity index (χ0n) is 16.3. The molecule has 6 aromatic rings. The maximum absolute atomic E-state index is 6.43. The van der Waals surface area contributed by atoms with Gasteiger partial charge in [0, 0.05) is 42.7 Å². The maximum atomic E-state index is 6.43. The van der Waals surface area contributed by atoms with E-state index in [0.717, 1.165) is 27.8 Å². The van der Waals surface area contributed by atoms with Crippen LogP contribution in [0.4, 0.5) is 0 Å². The first-order valence-electron chi connectivity index (χ1n) is 9.92. The number of para-hydroxylation sites is 1. The minimum absolute atomic E-state index is 0.465. The molecule has 0 aliphatic heterocycles. The van der Waals surface area contributed by atoms with E-state index in [-0.39, 0.29) is 0 Å². The molecular formula is C26H19NOS. The first kappa shape index (κ1) is 16.8. The van der Waals surface area contributed by atoms with Gasteiger partial charge in [-0.15, -0.1) is 11.3 Å². The van der Waals surface area contributed by atoms with Gasteiger partial charge >= 0.3 is 0 Å². The molecule has 29 heavy (non-hydrogen) atoms. The van der Waals surface area contributed by atoms with Gasteiger partial charge in [0.25, 0.3) is 0 Å². The number of thiophene rings is 1. The predicted molar refractivity (Wildman–Crippen MR) is 124 cm³/mol. The molecule has 0 amide bonds. The Labute approximate surface area is 172 Å². The Bertz CT molecular complexity index is 1540.